The first-order valence-corrected chi connectivity index (χ1v) is 12.7. The summed E-state index contributed by atoms with van der Waals surface area (Å²) in [5, 5.41) is 0. The lowest BCUT2D eigenvalue weighted by molar-refractivity contribution is -0.155. The number of carbonyl (C=O) groups is 5. The number of hydrogen-bond acceptors (Lipinski definition) is 6. The molecule has 200 valence electrons. The third-order valence-electron chi connectivity index (χ3n) is 8.85. The fourth-order valence-corrected chi connectivity index (χ4v) is 7.50. The number of benzene rings is 2. The molecule has 1 saturated carbocycles. The van der Waals surface area contributed by atoms with Crippen LogP contribution in [-0.4, -0.2) is 36.2 Å². The number of anilines is 2. The van der Waals surface area contributed by atoms with Gasteiger partial charge in [-0.15, -0.1) is 0 Å². The van der Waals surface area contributed by atoms with Crippen molar-refractivity contribution in [3.63, 3.8) is 0 Å². The minimum Gasteiger partial charge on any atom is -0.463 e. The Morgan fingerprint density at radius 2 is 1.18 bits per heavy atom. The minimum atomic E-state index is -1.55. The van der Waals surface area contributed by atoms with E-state index in [9.17, 15) is 32.8 Å². The van der Waals surface area contributed by atoms with Crippen LogP contribution in [0.5, 0.6) is 0 Å². The summed E-state index contributed by atoms with van der Waals surface area (Å²) in [6.45, 7) is 4.88. The number of carbonyl (C=O) groups excluding carboxylic acids is 5. The average Bonchev–Trinajstić information content (AvgIpc) is 3.32. The highest BCUT2D eigenvalue weighted by Crippen LogP contribution is 2.68. The molecular formula is C29H24F2N2O6. The lowest BCUT2D eigenvalue weighted by atomic mass is 9.43. The number of ether oxygens (including phenoxy) is 1. The molecule has 8 nitrogen and oxygen atoms in total. The van der Waals surface area contributed by atoms with Crippen LogP contribution in [0.4, 0.5) is 20.2 Å². The zero-order chi connectivity index (χ0) is 28.0. The van der Waals surface area contributed by atoms with Crippen LogP contribution in [0.2, 0.25) is 0 Å². The maximum atomic E-state index is 14.0. The maximum Gasteiger partial charge on any atom is 0.334 e. The van der Waals surface area contributed by atoms with Crippen molar-refractivity contribution in [1.82, 2.24) is 0 Å². The fourth-order valence-electron chi connectivity index (χ4n) is 7.50. The second kappa shape index (κ2) is 8.39. The van der Waals surface area contributed by atoms with Crippen molar-refractivity contribution < 1.29 is 37.5 Å². The third-order valence-corrected chi connectivity index (χ3v) is 8.85. The molecule has 3 fully saturated rings. The molecule has 2 aromatic rings. The predicted molar refractivity (Wildman–Crippen MR) is 133 cm³/mol. The summed E-state index contributed by atoms with van der Waals surface area (Å²) in [7, 11) is 0. The van der Waals surface area contributed by atoms with E-state index in [1.54, 1.807) is 20.8 Å². The van der Waals surface area contributed by atoms with E-state index in [4.69, 9.17) is 4.74 Å². The minimum absolute atomic E-state index is 0.0434. The molecule has 2 bridgehead atoms. The Hall–Kier alpha value is -4.21. The van der Waals surface area contributed by atoms with Crippen LogP contribution >= 0.6 is 0 Å². The Morgan fingerprint density at radius 1 is 0.769 bits per heavy atom. The molecule has 4 amide bonds. The molecule has 3 aliphatic carbocycles. The molecule has 2 aliphatic heterocycles. The van der Waals surface area contributed by atoms with Crippen molar-refractivity contribution in [1.29, 1.82) is 0 Å². The first kappa shape index (κ1) is 25.1. The van der Waals surface area contributed by atoms with Gasteiger partial charge in [-0.25, -0.2) is 13.6 Å². The summed E-state index contributed by atoms with van der Waals surface area (Å²) in [6, 6.07) is 9.76. The number of esters is 1. The Morgan fingerprint density at radius 3 is 1.56 bits per heavy atom. The van der Waals surface area contributed by atoms with Crippen molar-refractivity contribution in [2.24, 2.45) is 35.0 Å². The second-order valence-corrected chi connectivity index (χ2v) is 10.6. The lowest BCUT2D eigenvalue weighted by Crippen LogP contribution is -2.61. The Balaban J connectivity index is 1.54. The van der Waals surface area contributed by atoms with E-state index < -0.39 is 76.2 Å². The average molecular weight is 535 g/mol. The molecular weight excluding hydrogens is 510 g/mol. The van der Waals surface area contributed by atoms with E-state index in [0.29, 0.717) is 5.57 Å². The van der Waals surface area contributed by atoms with Crippen LogP contribution in [-0.2, 0) is 28.7 Å². The van der Waals surface area contributed by atoms with Crippen molar-refractivity contribution >= 4 is 41.0 Å². The summed E-state index contributed by atoms with van der Waals surface area (Å²) >= 11 is 0. The molecule has 6 atom stereocenters. The number of amides is 4. The SMILES string of the molecule is CCOC(=O)C1=C(C)C2[C@H]3C(=O)N(c4ccc(F)cc4)C(=O)[C@@H]3C1(C)[C@@H]1C(=O)N(c3ccc(F)cc3)C(=O)[C@@H]21. The Kier molecular flexibility index (Phi) is 5.40. The van der Waals surface area contributed by atoms with Gasteiger partial charge in [0, 0.05) is 16.9 Å². The predicted octanol–water partition coefficient (Wildman–Crippen LogP) is 3.41. The normalized spacial score (nSPS) is 31.3. The summed E-state index contributed by atoms with van der Waals surface area (Å²) in [5.74, 6) is -9.42. The second-order valence-electron chi connectivity index (χ2n) is 10.6. The first-order valence-electron chi connectivity index (χ1n) is 12.7. The third kappa shape index (κ3) is 3.11. The van der Waals surface area contributed by atoms with Gasteiger partial charge in [0.15, 0.2) is 0 Å². The summed E-state index contributed by atoms with van der Waals surface area (Å²) in [6.07, 6.45) is 0. The monoisotopic (exact) mass is 534 g/mol. The van der Waals surface area contributed by atoms with E-state index in [1.807, 2.05) is 0 Å². The number of rotatable bonds is 4. The fraction of sp³-hybridized carbons (Fsp3) is 0.345. The quantitative estimate of drug-likeness (QED) is 0.440. The van der Waals surface area contributed by atoms with E-state index in [1.165, 1.54) is 24.3 Å². The molecule has 2 heterocycles. The van der Waals surface area contributed by atoms with Gasteiger partial charge in [-0.3, -0.25) is 29.0 Å². The first-order chi connectivity index (χ1) is 18.5. The maximum absolute atomic E-state index is 14.0. The molecule has 0 radical (unpaired) electrons. The highest BCUT2D eigenvalue weighted by molar-refractivity contribution is 6.27. The zero-order valence-electron chi connectivity index (χ0n) is 21.3. The van der Waals surface area contributed by atoms with Crippen molar-refractivity contribution in [3.8, 4) is 0 Å². The number of halogens is 2. The number of nitrogens with zero attached hydrogens (tertiary/aromatic N) is 2. The van der Waals surface area contributed by atoms with Gasteiger partial charge in [0.2, 0.25) is 23.6 Å². The highest BCUT2D eigenvalue weighted by atomic mass is 19.1. The standard InChI is InChI=1S/C29H24F2N2O6/c1-4-39-28(38)21-13(2)18-19-22(26(36)32(24(19)34)16-9-5-14(30)6-10-16)29(21,3)23-20(18)25(35)33(27(23)37)17-11-7-15(31)8-12-17/h5-12,18-20,22-23H,4H2,1-3H3/t18?,19-,20+,22-,23+,29?. The summed E-state index contributed by atoms with van der Waals surface area (Å²) in [5.41, 5.74) is -0.669. The molecule has 0 spiro atoms. The molecule has 5 aliphatic rings. The Bertz CT molecular complexity index is 1410. The molecule has 2 unspecified atom stereocenters. The largest absolute Gasteiger partial charge is 0.463 e. The summed E-state index contributed by atoms with van der Waals surface area (Å²) in [4.78, 5) is 71.1. The Labute approximate surface area is 222 Å². The van der Waals surface area contributed by atoms with Gasteiger partial charge in [0.1, 0.15) is 11.6 Å². The van der Waals surface area contributed by atoms with Crippen LogP contribution in [0.3, 0.4) is 0 Å². The van der Waals surface area contributed by atoms with Crippen LogP contribution in [0.25, 0.3) is 0 Å². The van der Waals surface area contributed by atoms with Crippen LogP contribution in [0.1, 0.15) is 20.8 Å². The smallest absolute Gasteiger partial charge is 0.334 e. The molecule has 2 aromatic carbocycles. The van der Waals surface area contributed by atoms with Crippen molar-refractivity contribution in [2.75, 3.05) is 16.4 Å². The van der Waals surface area contributed by atoms with Gasteiger partial charge in [0.05, 0.1) is 41.7 Å². The van der Waals surface area contributed by atoms with Crippen LogP contribution < -0.4 is 9.80 Å². The van der Waals surface area contributed by atoms with Gasteiger partial charge in [0.25, 0.3) is 0 Å². The summed E-state index contributed by atoms with van der Waals surface area (Å²) < 4.78 is 32.6. The number of imide groups is 2. The van der Waals surface area contributed by atoms with Crippen LogP contribution in [0.15, 0.2) is 59.7 Å². The van der Waals surface area contributed by atoms with E-state index >= 15 is 0 Å². The molecule has 0 N–H and O–H groups in total. The topological polar surface area (TPSA) is 101 Å². The van der Waals surface area contributed by atoms with Gasteiger partial charge in [-0.05, 0) is 62.4 Å². The van der Waals surface area contributed by atoms with Crippen molar-refractivity contribution in [3.05, 3.63) is 71.3 Å². The van der Waals surface area contributed by atoms with Gasteiger partial charge >= 0.3 is 5.97 Å². The molecule has 39 heavy (non-hydrogen) atoms. The van der Waals surface area contributed by atoms with E-state index in [2.05, 4.69) is 0 Å². The highest BCUT2D eigenvalue weighted by Gasteiger charge is 2.77. The zero-order valence-corrected chi connectivity index (χ0v) is 21.3. The lowest BCUT2D eigenvalue weighted by Gasteiger charge is -2.55. The number of allylic oxidation sites excluding steroid dienone is 1. The van der Waals surface area contributed by atoms with Crippen molar-refractivity contribution in [2.45, 2.75) is 20.8 Å². The molecule has 2 saturated heterocycles. The van der Waals surface area contributed by atoms with Gasteiger partial charge in [-0.1, -0.05) is 12.5 Å². The van der Waals surface area contributed by atoms with Gasteiger partial charge in [-0.2, -0.15) is 0 Å². The number of hydrogen-bond donors (Lipinski definition) is 0. The van der Waals surface area contributed by atoms with Gasteiger partial charge < -0.3 is 4.74 Å². The van der Waals surface area contributed by atoms with E-state index in [0.717, 1.165) is 34.1 Å². The van der Waals surface area contributed by atoms with Crippen LogP contribution in [0, 0.1) is 46.6 Å². The molecule has 0 aromatic heterocycles. The molecule has 7 rings (SSSR count). The molecule has 10 heteroatoms. The van der Waals surface area contributed by atoms with E-state index in [-0.39, 0.29) is 23.6 Å².